The molecule has 0 aliphatic rings. The van der Waals surface area contributed by atoms with Crippen molar-refractivity contribution in [2.75, 3.05) is 0 Å². The number of halogens is 2. The molecule has 0 aliphatic heterocycles. The lowest BCUT2D eigenvalue weighted by Gasteiger charge is -2.07. The number of hydrogen-bond donors (Lipinski definition) is 0. The molecule has 3 nitrogen and oxygen atoms in total. The summed E-state index contributed by atoms with van der Waals surface area (Å²) in [5.41, 5.74) is 0.517. The molecular formula is C14H10BrFN2OS2. The summed E-state index contributed by atoms with van der Waals surface area (Å²) in [6, 6.07) is 6.74. The molecule has 7 heteroatoms. The van der Waals surface area contributed by atoms with Crippen LogP contribution in [0.25, 0.3) is 10.2 Å². The molecule has 0 bridgehead atoms. The van der Waals surface area contributed by atoms with Gasteiger partial charge in [0.2, 0.25) is 0 Å². The molecule has 1 aromatic carbocycles. The van der Waals surface area contributed by atoms with Gasteiger partial charge in [-0.3, -0.25) is 9.36 Å². The minimum Gasteiger partial charge on any atom is -0.290 e. The highest BCUT2D eigenvalue weighted by atomic mass is 79.9. The van der Waals surface area contributed by atoms with Crippen LogP contribution in [0.15, 0.2) is 44.1 Å². The van der Waals surface area contributed by atoms with Crippen LogP contribution in [0.2, 0.25) is 0 Å². The highest BCUT2D eigenvalue weighted by Gasteiger charge is 2.11. The maximum absolute atomic E-state index is 13.8. The van der Waals surface area contributed by atoms with Crippen molar-refractivity contribution in [3.63, 3.8) is 0 Å². The molecule has 108 valence electrons. The number of rotatable bonds is 3. The van der Waals surface area contributed by atoms with E-state index in [1.165, 1.54) is 33.7 Å². The molecule has 0 spiro atoms. The second kappa shape index (κ2) is 5.90. The van der Waals surface area contributed by atoms with Gasteiger partial charge in [-0.05, 0) is 29.1 Å². The van der Waals surface area contributed by atoms with Crippen LogP contribution >= 0.6 is 39.0 Å². The first kappa shape index (κ1) is 14.7. The summed E-state index contributed by atoms with van der Waals surface area (Å²) < 4.78 is 16.0. The van der Waals surface area contributed by atoms with E-state index in [1.54, 1.807) is 25.2 Å². The second-order valence-electron chi connectivity index (χ2n) is 4.42. The summed E-state index contributed by atoms with van der Waals surface area (Å²) in [5.74, 6) is 0.162. The highest BCUT2D eigenvalue weighted by molar-refractivity contribution is 9.10. The molecule has 0 atom stereocenters. The Bertz CT molecular complexity index is 875. The van der Waals surface area contributed by atoms with Gasteiger partial charge in [-0.25, -0.2) is 9.37 Å². The van der Waals surface area contributed by atoms with Gasteiger partial charge in [0.15, 0.2) is 5.16 Å². The molecule has 3 rings (SSSR count). The number of aromatic nitrogens is 2. The summed E-state index contributed by atoms with van der Waals surface area (Å²) in [5, 5.41) is 3.07. The van der Waals surface area contributed by atoms with E-state index < -0.39 is 0 Å². The highest BCUT2D eigenvalue weighted by Crippen LogP contribution is 2.25. The average Bonchev–Trinajstić information content (AvgIpc) is 2.91. The van der Waals surface area contributed by atoms with E-state index in [1.807, 2.05) is 5.38 Å². The average molecular weight is 385 g/mol. The predicted molar refractivity (Wildman–Crippen MR) is 88.5 cm³/mol. The van der Waals surface area contributed by atoms with Gasteiger partial charge in [-0.2, -0.15) is 0 Å². The van der Waals surface area contributed by atoms with Crippen LogP contribution in [0.3, 0.4) is 0 Å². The Morgan fingerprint density at radius 1 is 1.43 bits per heavy atom. The Kier molecular flexibility index (Phi) is 4.14. The zero-order valence-corrected chi connectivity index (χ0v) is 14.2. The molecule has 0 aliphatic carbocycles. The summed E-state index contributed by atoms with van der Waals surface area (Å²) in [7, 11) is 1.69. The number of nitrogens with zero attached hydrogens (tertiary/aromatic N) is 2. The lowest BCUT2D eigenvalue weighted by Crippen LogP contribution is -2.19. The summed E-state index contributed by atoms with van der Waals surface area (Å²) in [4.78, 5) is 17.4. The predicted octanol–water partition coefficient (Wildman–Crippen LogP) is 4.19. The van der Waals surface area contributed by atoms with Crippen LogP contribution in [0.5, 0.6) is 0 Å². The van der Waals surface area contributed by atoms with Crippen LogP contribution in [0.4, 0.5) is 4.39 Å². The van der Waals surface area contributed by atoms with Crippen molar-refractivity contribution in [2.45, 2.75) is 10.9 Å². The Balaban J connectivity index is 1.91. The SMILES string of the molecule is Cn1c(SCc2ccc(Br)cc2F)nc2sccc2c1=O. The van der Waals surface area contributed by atoms with Crippen molar-refractivity contribution in [1.29, 1.82) is 0 Å². The van der Waals surface area contributed by atoms with Crippen molar-refractivity contribution in [3.05, 3.63) is 55.9 Å². The third kappa shape index (κ3) is 2.90. The van der Waals surface area contributed by atoms with E-state index in [-0.39, 0.29) is 11.4 Å². The molecule has 2 heterocycles. The Labute approximate surface area is 137 Å². The first-order valence-electron chi connectivity index (χ1n) is 6.07. The van der Waals surface area contributed by atoms with Crippen LogP contribution in [0, 0.1) is 5.82 Å². The third-order valence-electron chi connectivity index (χ3n) is 3.04. The molecule has 2 aromatic heterocycles. The molecule has 0 fully saturated rings. The number of benzene rings is 1. The fraction of sp³-hybridized carbons (Fsp3) is 0.143. The van der Waals surface area contributed by atoms with Gasteiger partial charge in [0.25, 0.3) is 5.56 Å². The maximum Gasteiger partial charge on any atom is 0.262 e. The molecular weight excluding hydrogens is 375 g/mol. The number of thioether (sulfide) groups is 1. The lowest BCUT2D eigenvalue weighted by atomic mass is 10.2. The summed E-state index contributed by atoms with van der Waals surface area (Å²) in [6.07, 6.45) is 0. The number of hydrogen-bond acceptors (Lipinski definition) is 4. The molecule has 0 unspecified atom stereocenters. The normalized spacial score (nSPS) is 11.2. The summed E-state index contributed by atoms with van der Waals surface area (Å²) >= 11 is 6.02. The van der Waals surface area contributed by atoms with Crippen molar-refractivity contribution in [2.24, 2.45) is 7.05 Å². The Morgan fingerprint density at radius 2 is 2.24 bits per heavy atom. The van der Waals surface area contributed by atoms with E-state index in [9.17, 15) is 9.18 Å². The van der Waals surface area contributed by atoms with Crippen molar-refractivity contribution < 1.29 is 4.39 Å². The zero-order valence-electron chi connectivity index (χ0n) is 11.0. The summed E-state index contributed by atoms with van der Waals surface area (Å²) in [6.45, 7) is 0. The number of thiophene rings is 1. The van der Waals surface area contributed by atoms with Crippen molar-refractivity contribution >= 4 is 49.2 Å². The minimum atomic E-state index is -0.265. The van der Waals surface area contributed by atoms with Gasteiger partial charge in [-0.1, -0.05) is 33.8 Å². The van der Waals surface area contributed by atoms with Gasteiger partial charge < -0.3 is 0 Å². The van der Waals surface area contributed by atoms with Gasteiger partial charge in [-0.15, -0.1) is 11.3 Å². The standard InChI is InChI=1S/C14H10BrFN2OS2/c1-18-13(19)10-4-5-20-12(10)17-14(18)21-7-8-2-3-9(15)6-11(8)16/h2-6H,7H2,1H3. The molecule has 0 amide bonds. The molecule has 3 aromatic rings. The van der Waals surface area contributed by atoms with Crippen LogP contribution in [0.1, 0.15) is 5.56 Å². The van der Waals surface area contributed by atoms with Crippen LogP contribution in [-0.2, 0) is 12.8 Å². The van der Waals surface area contributed by atoms with E-state index in [0.29, 0.717) is 26.3 Å². The van der Waals surface area contributed by atoms with Crippen LogP contribution < -0.4 is 5.56 Å². The molecule has 0 N–H and O–H groups in total. The monoisotopic (exact) mass is 384 g/mol. The van der Waals surface area contributed by atoms with E-state index in [4.69, 9.17) is 0 Å². The minimum absolute atomic E-state index is 0.0694. The first-order valence-corrected chi connectivity index (χ1v) is 8.73. The Morgan fingerprint density at radius 3 is 3.00 bits per heavy atom. The van der Waals surface area contributed by atoms with Crippen molar-refractivity contribution in [3.8, 4) is 0 Å². The molecule has 0 saturated carbocycles. The molecule has 0 radical (unpaired) electrons. The lowest BCUT2D eigenvalue weighted by molar-refractivity contribution is 0.616. The van der Waals surface area contributed by atoms with E-state index in [2.05, 4.69) is 20.9 Å². The van der Waals surface area contributed by atoms with Gasteiger partial charge in [0.1, 0.15) is 10.6 Å². The quantitative estimate of drug-likeness (QED) is 0.501. The maximum atomic E-state index is 13.8. The largest absolute Gasteiger partial charge is 0.290 e. The van der Waals surface area contributed by atoms with Crippen molar-refractivity contribution in [1.82, 2.24) is 9.55 Å². The first-order chi connectivity index (χ1) is 10.1. The van der Waals surface area contributed by atoms with Gasteiger partial charge in [0, 0.05) is 17.3 Å². The smallest absolute Gasteiger partial charge is 0.262 e. The van der Waals surface area contributed by atoms with E-state index >= 15 is 0 Å². The zero-order chi connectivity index (χ0) is 15.0. The van der Waals surface area contributed by atoms with Gasteiger partial charge in [0.05, 0.1) is 5.39 Å². The molecule has 21 heavy (non-hydrogen) atoms. The molecule has 0 saturated heterocycles. The van der Waals surface area contributed by atoms with Gasteiger partial charge >= 0.3 is 0 Å². The topological polar surface area (TPSA) is 34.9 Å². The third-order valence-corrected chi connectivity index (χ3v) is 5.41. The fourth-order valence-electron chi connectivity index (χ4n) is 1.89. The van der Waals surface area contributed by atoms with Crippen LogP contribution in [-0.4, -0.2) is 9.55 Å². The fourth-order valence-corrected chi connectivity index (χ4v) is 3.99. The number of fused-ring (bicyclic) bond motifs is 1. The van der Waals surface area contributed by atoms with E-state index in [0.717, 1.165) is 4.83 Å². The Hall–Kier alpha value is -1.18. The second-order valence-corrected chi connectivity index (χ2v) is 7.18.